The Hall–Kier alpha value is -1.82. The molecule has 0 fully saturated rings. The maximum Gasteiger partial charge on any atom is -0.00227 e. The number of aryl methyl sites for hydroxylation is 1. The SMILES string of the molecule is C1=C(Cc2ccccc2)c2c(ccc3c2CCC3)C1. The molecule has 0 heterocycles. The van der Waals surface area contributed by atoms with Crippen LogP contribution in [0.5, 0.6) is 0 Å². The van der Waals surface area contributed by atoms with Crippen molar-refractivity contribution in [1.29, 1.82) is 0 Å². The van der Waals surface area contributed by atoms with Gasteiger partial charge >= 0.3 is 0 Å². The molecule has 0 aliphatic heterocycles. The van der Waals surface area contributed by atoms with Gasteiger partial charge in [0.1, 0.15) is 0 Å². The van der Waals surface area contributed by atoms with Gasteiger partial charge in [-0.3, -0.25) is 0 Å². The van der Waals surface area contributed by atoms with Crippen molar-refractivity contribution in [3.63, 3.8) is 0 Å². The lowest BCUT2D eigenvalue weighted by molar-refractivity contribution is 0.910. The van der Waals surface area contributed by atoms with Crippen LogP contribution in [0.4, 0.5) is 0 Å². The quantitative estimate of drug-likeness (QED) is 0.738. The minimum absolute atomic E-state index is 1.09. The van der Waals surface area contributed by atoms with Gasteiger partial charge in [0.2, 0.25) is 0 Å². The fraction of sp³-hybridized carbons (Fsp3) is 0.263. The Balaban J connectivity index is 1.74. The number of hydrogen-bond donors (Lipinski definition) is 0. The molecule has 0 aromatic heterocycles. The van der Waals surface area contributed by atoms with E-state index in [1.54, 1.807) is 27.8 Å². The first-order valence-corrected chi connectivity index (χ1v) is 7.29. The van der Waals surface area contributed by atoms with Gasteiger partial charge in [-0.1, -0.05) is 48.5 Å². The molecule has 0 saturated carbocycles. The molecule has 0 unspecified atom stereocenters. The van der Waals surface area contributed by atoms with Crippen molar-refractivity contribution in [2.45, 2.75) is 32.1 Å². The minimum atomic E-state index is 1.09. The van der Waals surface area contributed by atoms with Crippen LogP contribution in [0.1, 0.15) is 34.2 Å². The van der Waals surface area contributed by atoms with Gasteiger partial charge < -0.3 is 0 Å². The second-order valence-corrected chi connectivity index (χ2v) is 5.69. The van der Waals surface area contributed by atoms with Crippen molar-refractivity contribution in [2.75, 3.05) is 0 Å². The van der Waals surface area contributed by atoms with E-state index < -0.39 is 0 Å². The van der Waals surface area contributed by atoms with Crippen molar-refractivity contribution in [2.24, 2.45) is 0 Å². The van der Waals surface area contributed by atoms with E-state index in [0.717, 1.165) is 12.8 Å². The highest BCUT2D eigenvalue weighted by molar-refractivity contribution is 5.78. The minimum Gasteiger partial charge on any atom is -0.0759 e. The lowest BCUT2D eigenvalue weighted by Crippen LogP contribution is -1.96. The second-order valence-electron chi connectivity index (χ2n) is 5.69. The Labute approximate surface area is 114 Å². The molecule has 0 atom stereocenters. The van der Waals surface area contributed by atoms with Crippen LogP contribution < -0.4 is 0 Å². The molecule has 0 radical (unpaired) electrons. The van der Waals surface area contributed by atoms with E-state index >= 15 is 0 Å². The lowest BCUT2D eigenvalue weighted by atomic mass is 9.93. The maximum atomic E-state index is 2.44. The number of hydrogen-bond acceptors (Lipinski definition) is 0. The van der Waals surface area contributed by atoms with Crippen LogP contribution in [-0.4, -0.2) is 0 Å². The zero-order valence-electron chi connectivity index (χ0n) is 11.2. The second kappa shape index (κ2) is 4.38. The van der Waals surface area contributed by atoms with Crippen molar-refractivity contribution in [1.82, 2.24) is 0 Å². The summed E-state index contributed by atoms with van der Waals surface area (Å²) in [6.07, 6.45) is 8.56. The van der Waals surface area contributed by atoms with Crippen LogP contribution in [0.15, 0.2) is 48.5 Å². The van der Waals surface area contributed by atoms with Crippen molar-refractivity contribution in [3.05, 3.63) is 76.4 Å². The molecule has 2 aromatic rings. The zero-order valence-corrected chi connectivity index (χ0v) is 11.2. The van der Waals surface area contributed by atoms with E-state index in [4.69, 9.17) is 0 Å². The molecular formula is C19H18. The van der Waals surface area contributed by atoms with Crippen LogP contribution in [-0.2, 0) is 25.7 Å². The Morgan fingerprint density at radius 2 is 1.68 bits per heavy atom. The van der Waals surface area contributed by atoms with Gasteiger partial charge in [0.05, 0.1) is 0 Å². The molecule has 4 rings (SSSR count). The highest BCUT2D eigenvalue weighted by Crippen LogP contribution is 2.38. The van der Waals surface area contributed by atoms with Crippen LogP contribution in [0, 0.1) is 0 Å². The summed E-state index contributed by atoms with van der Waals surface area (Å²) in [5.41, 5.74) is 9.37. The standard InChI is InChI=1S/C19H18/c1-2-5-14(6-3-1)13-17-12-11-16-10-9-15-7-4-8-18(15)19(16)17/h1-3,5-6,9-10,12H,4,7-8,11,13H2. The highest BCUT2D eigenvalue weighted by Gasteiger charge is 2.22. The molecule has 0 bridgehead atoms. The molecule has 2 aromatic carbocycles. The molecule has 19 heavy (non-hydrogen) atoms. The molecule has 0 saturated heterocycles. The largest absolute Gasteiger partial charge is 0.0759 e. The van der Waals surface area contributed by atoms with E-state index in [-0.39, 0.29) is 0 Å². The molecule has 0 amide bonds. The van der Waals surface area contributed by atoms with E-state index in [1.807, 2.05) is 0 Å². The summed E-state index contributed by atoms with van der Waals surface area (Å²) < 4.78 is 0. The molecule has 0 spiro atoms. The first kappa shape index (κ1) is 11.0. The fourth-order valence-corrected chi connectivity index (χ4v) is 3.60. The first-order chi connectivity index (χ1) is 9.42. The van der Waals surface area contributed by atoms with Gasteiger partial charge in [-0.25, -0.2) is 0 Å². The van der Waals surface area contributed by atoms with Gasteiger partial charge in [-0.15, -0.1) is 0 Å². The first-order valence-electron chi connectivity index (χ1n) is 7.29. The van der Waals surface area contributed by atoms with Crippen LogP contribution in [0.25, 0.3) is 5.57 Å². The normalized spacial score (nSPS) is 16.1. The Morgan fingerprint density at radius 3 is 2.58 bits per heavy atom. The predicted octanol–water partition coefficient (Wildman–Crippen LogP) is 4.36. The monoisotopic (exact) mass is 246 g/mol. The Kier molecular flexibility index (Phi) is 2.55. The van der Waals surface area contributed by atoms with E-state index in [0.29, 0.717) is 0 Å². The van der Waals surface area contributed by atoms with Crippen LogP contribution >= 0.6 is 0 Å². The van der Waals surface area contributed by atoms with Gasteiger partial charge in [0, 0.05) is 0 Å². The maximum absolute atomic E-state index is 2.44. The predicted molar refractivity (Wildman–Crippen MR) is 80.3 cm³/mol. The molecule has 2 aliphatic rings. The number of allylic oxidation sites excluding steroid dienone is 2. The smallest absolute Gasteiger partial charge is 0.00227 e. The van der Waals surface area contributed by atoms with Crippen LogP contribution in [0.3, 0.4) is 0 Å². The Bertz CT molecular complexity index is 647. The van der Waals surface area contributed by atoms with E-state index in [9.17, 15) is 0 Å². The molecular weight excluding hydrogens is 228 g/mol. The Morgan fingerprint density at radius 1 is 0.842 bits per heavy atom. The van der Waals surface area contributed by atoms with Gasteiger partial charge in [-0.2, -0.15) is 0 Å². The summed E-state index contributed by atoms with van der Waals surface area (Å²) in [4.78, 5) is 0. The van der Waals surface area contributed by atoms with Gasteiger partial charge in [0.15, 0.2) is 0 Å². The van der Waals surface area contributed by atoms with Gasteiger partial charge in [0.25, 0.3) is 0 Å². The highest BCUT2D eigenvalue weighted by atomic mass is 14.3. The number of fused-ring (bicyclic) bond motifs is 3. The lowest BCUT2D eigenvalue weighted by Gasteiger charge is -2.12. The fourth-order valence-electron chi connectivity index (χ4n) is 3.60. The van der Waals surface area contributed by atoms with E-state index in [2.05, 4.69) is 48.5 Å². The summed E-state index contributed by atoms with van der Waals surface area (Å²) in [6.45, 7) is 0. The topological polar surface area (TPSA) is 0 Å². The summed E-state index contributed by atoms with van der Waals surface area (Å²) in [7, 11) is 0. The summed E-state index contributed by atoms with van der Waals surface area (Å²) >= 11 is 0. The molecule has 2 aliphatic carbocycles. The number of rotatable bonds is 2. The van der Waals surface area contributed by atoms with Crippen LogP contribution in [0.2, 0.25) is 0 Å². The average Bonchev–Trinajstić information content (AvgIpc) is 3.06. The van der Waals surface area contributed by atoms with Gasteiger partial charge in [-0.05, 0) is 65.5 Å². The average molecular weight is 246 g/mol. The number of benzene rings is 2. The zero-order chi connectivity index (χ0) is 12.7. The third-order valence-corrected chi connectivity index (χ3v) is 4.50. The summed E-state index contributed by atoms with van der Waals surface area (Å²) in [6, 6.07) is 15.6. The molecule has 94 valence electrons. The summed E-state index contributed by atoms with van der Waals surface area (Å²) in [5.74, 6) is 0. The molecule has 0 nitrogen and oxygen atoms in total. The van der Waals surface area contributed by atoms with E-state index in [1.165, 1.54) is 24.8 Å². The van der Waals surface area contributed by atoms with Crippen molar-refractivity contribution < 1.29 is 0 Å². The van der Waals surface area contributed by atoms with Crippen molar-refractivity contribution in [3.8, 4) is 0 Å². The molecule has 0 heteroatoms. The summed E-state index contributed by atoms with van der Waals surface area (Å²) in [5, 5.41) is 0. The third-order valence-electron chi connectivity index (χ3n) is 4.50. The molecule has 0 N–H and O–H groups in total. The third kappa shape index (κ3) is 1.83. The van der Waals surface area contributed by atoms with Crippen molar-refractivity contribution >= 4 is 5.57 Å².